The highest BCUT2D eigenvalue weighted by atomic mass is 32.2. The molecule has 18 heterocycles. The van der Waals surface area contributed by atoms with Crippen LogP contribution < -0.4 is 28.3 Å². The van der Waals surface area contributed by atoms with Crippen molar-refractivity contribution < 1.29 is 151 Å². The first kappa shape index (κ1) is 101. The molecule has 6 N–H and O–H groups in total. The Morgan fingerprint density at radius 1 is 0.292 bits per heavy atom. The van der Waals surface area contributed by atoms with Crippen LogP contribution in [0.2, 0.25) is 0 Å². The third-order valence-corrected chi connectivity index (χ3v) is 43.3. The van der Waals surface area contributed by atoms with Gasteiger partial charge in [-0.3, -0.25) is 57.5 Å². The summed E-state index contributed by atoms with van der Waals surface area (Å²) < 4.78 is 207. The highest BCUT2D eigenvalue weighted by Gasteiger charge is 2.71. The van der Waals surface area contributed by atoms with Crippen LogP contribution >= 0.6 is 35.3 Å². The molecule has 18 rings (SSSR count). The molecule has 18 aliphatic heterocycles. The van der Waals surface area contributed by atoms with E-state index in [0.717, 1.165) is 0 Å². The first-order chi connectivity index (χ1) is 61.0. The van der Waals surface area contributed by atoms with E-state index in [0.29, 0.717) is 99.3 Å². The summed E-state index contributed by atoms with van der Waals surface area (Å²) in [7, 11) is -19.8. The number of nitrogens with one attached hydrogen (secondary N) is 6. The number of Topliss-reactive ketones (excluding diaryl/α,β-unsaturated/α-hetero) is 4. The summed E-state index contributed by atoms with van der Waals surface area (Å²) in [6.07, 6.45) is 5.00. The number of carbonyl (C=O) groups is 12. The Morgan fingerprint density at radius 3 is 0.708 bits per heavy atom. The summed E-state index contributed by atoms with van der Waals surface area (Å²) in [5, 5.41) is -2.39. The first-order valence-electron chi connectivity index (χ1n) is 43.2. The number of ether oxygens (including phenoxy) is 9. The molecule has 30 atom stereocenters. The topological polar surface area (TPSA) is 565 Å². The molecular formula is C82H110N6O33S9. The Hall–Kier alpha value is -6.33. The fourth-order valence-corrected chi connectivity index (χ4v) is 38.7. The van der Waals surface area contributed by atoms with E-state index in [4.69, 9.17) is 42.6 Å². The minimum atomic E-state index is -3.36. The number of hydrogen-bond donors (Lipinski definition) is 6. The number of sulfonamides is 6. The minimum Gasteiger partial charge on any atom is -0.459 e. The number of esters is 6. The highest BCUT2D eigenvalue weighted by molar-refractivity contribution is 8.04. The van der Waals surface area contributed by atoms with Gasteiger partial charge in [-0.2, -0.15) is 0 Å². The molecule has 0 aromatic heterocycles. The molecule has 0 aromatic rings. The van der Waals surface area contributed by atoms with Crippen molar-refractivity contribution in [3.05, 3.63) is 73.9 Å². The van der Waals surface area contributed by atoms with Gasteiger partial charge in [0, 0.05) is 109 Å². The van der Waals surface area contributed by atoms with E-state index in [1.165, 1.54) is 12.2 Å². The van der Waals surface area contributed by atoms with Gasteiger partial charge in [-0.1, -0.05) is 39.5 Å². The summed E-state index contributed by atoms with van der Waals surface area (Å²) in [5.41, 5.74) is 1.93. The van der Waals surface area contributed by atoms with Crippen molar-refractivity contribution in [2.24, 2.45) is 0 Å². The SMILES string of the molecule is C=C(C)C(=O)CCCC(=O)OC1C2CC3C(O2)C1NS3(=O)=O.C=C(C)C(=O)CCCC(=O)OC1C2CC3C(O2)C1NS3(=O)=O.C=C(C)C(=O)CCCC(=O)OC1C2CC3C(S2)C1NS3(=O)=O.C=C(C)C(=O)CCCC(=O)OC1C2CC3C(S2)C1NS3(=O)=O.C=CC(=O)CCCC(=O)OC1C2CC3C(O2)C1NS3(=O)=O.C=CC(=O)CCCC(=O)OC1C2CC3C(S2)C1NS3(=O)=O. The van der Waals surface area contributed by atoms with Crippen LogP contribution in [-0.2, 0) is 160 Å². The van der Waals surface area contributed by atoms with Gasteiger partial charge in [-0.15, -0.1) is 35.3 Å². The standard InChI is InChI=1S/2C14H19NO6S.2C14H19NO5S2.C13H17NO6S.C13H17NO5S2/c2*1-7(2)8(16)4-3-5-11(17)21-13-9-6-10-14(20-9)12(13)15-22(10,18)19;2*1-7(2)8(16)4-3-5-11(17)20-13-9-6-10-14(21-9)12(13)15-22(10,18)19;1-2-7(15)4-3-5-10(16)20-12-8-6-9-13(19-8)11(12)14-21(9,17)18;1-2-7(15)4-3-5-10(16)19-12-8-6-9-13(20-8)11(12)14-21(9,17)18/h4*9-10,12-15H,1,3-6H2,2H3;2*2,8-9,11-14H,1,3-6H2. The molecule has 130 heavy (non-hydrogen) atoms. The van der Waals surface area contributed by atoms with E-state index in [2.05, 4.69) is 67.8 Å². The normalized spacial score (nSPS) is 37.6. The molecule has 0 amide bonds. The molecule has 0 aromatic carbocycles. The van der Waals surface area contributed by atoms with Gasteiger partial charge in [0.2, 0.25) is 60.1 Å². The molecule has 48 heteroatoms. The molecule has 720 valence electrons. The van der Waals surface area contributed by atoms with Crippen molar-refractivity contribution in [2.45, 2.75) is 354 Å². The summed E-state index contributed by atoms with van der Waals surface area (Å²) in [4.78, 5) is 139. The van der Waals surface area contributed by atoms with Crippen molar-refractivity contribution in [1.82, 2.24) is 28.3 Å². The number of allylic oxidation sites excluding steroid dienone is 6. The second kappa shape index (κ2) is 40.5. The molecule has 30 unspecified atom stereocenters. The van der Waals surface area contributed by atoms with Crippen LogP contribution in [0.1, 0.15) is 182 Å². The van der Waals surface area contributed by atoms with Gasteiger partial charge in [-0.05, 0) is 139 Å². The maximum atomic E-state index is 11.9. The first-order valence-corrected chi connectivity index (χ1v) is 55.3. The van der Waals surface area contributed by atoms with Gasteiger partial charge < -0.3 is 42.6 Å². The maximum absolute atomic E-state index is 11.9. The smallest absolute Gasteiger partial charge is 0.306 e. The Morgan fingerprint density at radius 2 is 0.492 bits per heavy atom. The van der Waals surface area contributed by atoms with E-state index < -0.39 is 149 Å². The molecule has 18 fully saturated rings. The van der Waals surface area contributed by atoms with Crippen LogP contribution in [-0.4, -0.2) is 294 Å². The van der Waals surface area contributed by atoms with Crippen LogP contribution in [0.4, 0.5) is 0 Å². The molecule has 0 spiro atoms. The number of thioether (sulfide) groups is 3. The van der Waals surface area contributed by atoms with E-state index in [-0.39, 0.29) is 232 Å². The van der Waals surface area contributed by atoms with Crippen LogP contribution in [0.25, 0.3) is 0 Å². The largest absolute Gasteiger partial charge is 0.459 e. The van der Waals surface area contributed by atoms with Crippen molar-refractivity contribution >= 4 is 166 Å². The molecule has 0 aliphatic carbocycles. The molecular weight excluding hydrogens is 1890 g/mol. The average molecular weight is 2000 g/mol. The monoisotopic (exact) mass is 1990 g/mol. The quantitative estimate of drug-likeness (QED) is 0.0295. The van der Waals surface area contributed by atoms with E-state index in [9.17, 15) is 108 Å². The van der Waals surface area contributed by atoms with E-state index >= 15 is 0 Å². The lowest BCUT2D eigenvalue weighted by Gasteiger charge is -2.24. The lowest BCUT2D eigenvalue weighted by atomic mass is 9.93. The maximum Gasteiger partial charge on any atom is 0.306 e. The molecule has 0 saturated carbocycles. The fourth-order valence-electron chi connectivity index (χ4n) is 19.8. The number of rotatable bonds is 36. The van der Waals surface area contributed by atoms with Crippen molar-refractivity contribution in [2.75, 3.05) is 0 Å². The number of hydrogen-bond acceptors (Lipinski definition) is 36. The molecule has 18 aliphatic rings. The van der Waals surface area contributed by atoms with Gasteiger partial charge >= 0.3 is 35.8 Å². The second-order valence-corrected chi connectivity index (χ2v) is 51.5. The van der Waals surface area contributed by atoms with Crippen LogP contribution in [0.5, 0.6) is 0 Å². The summed E-state index contributed by atoms with van der Waals surface area (Å²) in [5.74, 6) is -2.83. The minimum absolute atomic E-state index is 0.000133. The average Bonchev–Trinajstić information content (AvgIpc) is 1.59. The third-order valence-electron chi connectivity index (χ3n) is 26.3. The molecule has 12 bridgehead atoms. The summed E-state index contributed by atoms with van der Waals surface area (Å²) in [6.45, 7) is 27.5. The lowest BCUT2D eigenvalue weighted by molar-refractivity contribution is -0.153. The summed E-state index contributed by atoms with van der Waals surface area (Å²) >= 11 is 4.83. The molecule has 0 radical (unpaired) electrons. The number of fused-ring (bicyclic) bond motifs is 6. The molecule has 18 saturated heterocycles. The Kier molecular flexibility index (Phi) is 31.5. The zero-order valence-corrected chi connectivity index (χ0v) is 79.2. The third kappa shape index (κ3) is 22.0. The van der Waals surface area contributed by atoms with Gasteiger partial charge in [0.15, 0.2) is 34.7 Å². The lowest BCUT2D eigenvalue weighted by Crippen LogP contribution is -2.45. The Balaban J connectivity index is 0.000000133. The van der Waals surface area contributed by atoms with Gasteiger partial charge in [0.1, 0.15) is 52.4 Å². The molecule has 39 nitrogen and oxygen atoms in total. The number of ketones is 6. The number of carbonyl (C=O) groups excluding carboxylic acids is 12. The van der Waals surface area contributed by atoms with E-state index in [1.807, 2.05) is 0 Å². The fraction of sp³-hybridized carbons (Fsp3) is 0.707. The van der Waals surface area contributed by atoms with Gasteiger partial charge in [0.25, 0.3) is 0 Å². The van der Waals surface area contributed by atoms with E-state index in [1.54, 1.807) is 63.0 Å². The highest BCUT2D eigenvalue weighted by Crippen LogP contribution is 2.57. The van der Waals surface area contributed by atoms with Crippen molar-refractivity contribution in [3.8, 4) is 0 Å². The predicted octanol–water partition coefficient (Wildman–Crippen LogP) is 1.70. The van der Waals surface area contributed by atoms with Crippen LogP contribution in [0.3, 0.4) is 0 Å². The zero-order valence-electron chi connectivity index (χ0n) is 71.8. The Bertz CT molecular complexity index is 4820. The van der Waals surface area contributed by atoms with Gasteiger partial charge in [0.05, 0.1) is 88.6 Å². The summed E-state index contributed by atoms with van der Waals surface area (Å²) in [6, 6.07) is -2.30. The van der Waals surface area contributed by atoms with Crippen LogP contribution in [0.15, 0.2) is 73.9 Å². The predicted molar refractivity (Wildman–Crippen MR) is 469 cm³/mol. The van der Waals surface area contributed by atoms with Crippen molar-refractivity contribution in [1.29, 1.82) is 0 Å². The second-order valence-electron chi connectivity index (χ2n) is 35.6. The van der Waals surface area contributed by atoms with Crippen LogP contribution in [0, 0.1) is 0 Å². The zero-order chi connectivity index (χ0) is 94.7. The van der Waals surface area contributed by atoms with Gasteiger partial charge in [-0.25, -0.2) is 78.8 Å². The van der Waals surface area contributed by atoms with Crippen molar-refractivity contribution in [3.63, 3.8) is 0 Å². The Labute approximate surface area is 767 Å².